The first-order valence-electron chi connectivity index (χ1n) is 7.63. The van der Waals surface area contributed by atoms with Crippen LogP contribution in [0.15, 0.2) is 48.5 Å². The number of carbonyl (C=O) groups excluding carboxylic acids is 1. The zero-order valence-electron chi connectivity index (χ0n) is 13.1. The Morgan fingerprint density at radius 3 is 2.50 bits per heavy atom. The molecule has 0 spiro atoms. The van der Waals surface area contributed by atoms with E-state index in [-0.39, 0.29) is 11.5 Å². The molecular weight excluding hydrogens is 276 g/mol. The molecule has 2 aromatic rings. The Morgan fingerprint density at radius 1 is 1.14 bits per heavy atom. The molecule has 0 saturated carbocycles. The van der Waals surface area contributed by atoms with Crippen molar-refractivity contribution in [3.8, 4) is 11.5 Å². The maximum Gasteiger partial charge on any atom is 0.196 e. The van der Waals surface area contributed by atoms with E-state index in [2.05, 4.69) is 13.8 Å². The van der Waals surface area contributed by atoms with E-state index >= 15 is 0 Å². The first-order chi connectivity index (χ1) is 10.6. The quantitative estimate of drug-likeness (QED) is 0.607. The maximum atomic E-state index is 12.3. The lowest BCUT2D eigenvalue weighted by Crippen LogP contribution is -2.03. The first-order valence-corrected chi connectivity index (χ1v) is 7.63. The first kappa shape index (κ1) is 16.1. The van der Waals surface area contributed by atoms with Gasteiger partial charge in [-0.05, 0) is 30.9 Å². The molecule has 0 aliphatic heterocycles. The molecular formula is C19H22O3. The zero-order chi connectivity index (χ0) is 15.9. The van der Waals surface area contributed by atoms with Crippen molar-refractivity contribution in [3.05, 3.63) is 59.7 Å². The van der Waals surface area contributed by atoms with Gasteiger partial charge >= 0.3 is 0 Å². The number of phenols is 1. The predicted octanol–water partition coefficient (Wildman–Crippen LogP) is 4.44. The van der Waals surface area contributed by atoms with Crippen LogP contribution in [0.1, 0.15) is 42.6 Å². The van der Waals surface area contributed by atoms with Crippen LogP contribution >= 0.6 is 0 Å². The molecule has 0 aliphatic carbocycles. The van der Waals surface area contributed by atoms with Crippen molar-refractivity contribution >= 4 is 5.78 Å². The summed E-state index contributed by atoms with van der Waals surface area (Å²) in [5.74, 6) is 1.01. The molecule has 1 N–H and O–H groups in total. The number of phenolic OH excluding ortho intramolecular Hbond substituents is 1. The Balaban J connectivity index is 2.02. The monoisotopic (exact) mass is 298 g/mol. The summed E-state index contributed by atoms with van der Waals surface area (Å²) < 4.78 is 5.61. The van der Waals surface area contributed by atoms with Crippen molar-refractivity contribution in [3.63, 3.8) is 0 Å². The van der Waals surface area contributed by atoms with Crippen LogP contribution in [0.5, 0.6) is 11.5 Å². The summed E-state index contributed by atoms with van der Waals surface area (Å²) in [6, 6.07) is 13.8. The van der Waals surface area contributed by atoms with E-state index in [1.54, 1.807) is 36.4 Å². The van der Waals surface area contributed by atoms with Crippen molar-refractivity contribution in [1.82, 2.24) is 0 Å². The molecule has 0 fully saturated rings. The van der Waals surface area contributed by atoms with Crippen LogP contribution in [0.3, 0.4) is 0 Å². The summed E-state index contributed by atoms with van der Waals surface area (Å²) in [5.41, 5.74) is 0.851. The number of ketones is 1. The van der Waals surface area contributed by atoms with Gasteiger partial charge in [-0.2, -0.15) is 0 Å². The van der Waals surface area contributed by atoms with Crippen LogP contribution in [0.25, 0.3) is 0 Å². The van der Waals surface area contributed by atoms with Gasteiger partial charge in [-0.3, -0.25) is 4.79 Å². The standard InChI is InChI=1S/C19H22O3/c1-14(2)7-6-12-22-16-10-11-17(18(20)13-16)19(21)15-8-4-3-5-9-15/h3-5,8-11,13-14,20H,6-7,12H2,1-2H3. The molecule has 0 radical (unpaired) electrons. The van der Waals surface area contributed by atoms with Crippen molar-refractivity contribution in [2.45, 2.75) is 26.7 Å². The van der Waals surface area contributed by atoms with Crippen LogP contribution in [-0.2, 0) is 0 Å². The van der Waals surface area contributed by atoms with Gasteiger partial charge < -0.3 is 9.84 Å². The highest BCUT2D eigenvalue weighted by molar-refractivity contribution is 6.10. The van der Waals surface area contributed by atoms with Crippen LogP contribution in [0, 0.1) is 5.92 Å². The molecule has 0 atom stereocenters. The molecule has 0 unspecified atom stereocenters. The lowest BCUT2D eigenvalue weighted by Gasteiger charge is -2.10. The minimum atomic E-state index is -0.190. The molecule has 2 aromatic carbocycles. The fraction of sp³-hybridized carbons (Fsp3) is 0.316. The molecule has 0 amide bonds. The molecule has 0 saturated heterocycles. The molecule has 3 nitrogen and oxygen atoms in total. The lowest BCUT2D eigenvalue weighted by molar-refractivity contribution is 0.103. The van der Waals surface area contributed by atoms with Gasteiger partial charge in [0.2, 0.25) is 0 Å². The van der Waals surface area contributed by atoms with Crippen molar-refractivity contribution < 1.29 is 14.6 Å². The van der Waals surface area contributed by atoms with Gasteiger partial charge in [-0.25, -0.2) is 0 Å². The average molecular weight is 298 g/mol. The summed E-state index contributed by atoms with van der Waals surface area (Å²) in [5, 5.41) is 10.1. The van der Waals surface area contributed by atoms with Gasteiger partial charge in [0.1, 0.15) is 11.5 Å². The number of carbonyl (C=O) groups is 1. The average Bonchev–Trinajstić information content (AvgIpc) is 2.52. The van der Waals surface area contributed by atoms with E-state index in [1.165, 1.54) is 6.07 Å². The lowest BCUT2D eigenvalue weighted by atomic mass is 10.0. The summed E-state index contributed by atoms with van der Waals surface area (Å²) in [7, 11) is 0. The highest BCUT2D eigenvalue weighted by atomic mass is 16.5. The van der Waals surface area contributed by atoms with Crippen molar-refractivity contribution in [2.75, 3.05) is 6.61 Å². The summed E-state index contributed by atoms with van der Waals surface area (Å²) in [6.07, 6.45) is 2.08. The normalized spacial score (nSPS) is 10.7. The Labute approximate surface area is 131 Å². The summed E-state index contributed by atoms with van der Waals surface area (Å²) in [6.45, 7) is 4.97. The Bertz CT molecular complexity index is 618. The summed E-state index contributed by atoms with van der Waals surface area (Å²) >= 11 is 0. The zero-order valence-corrected chi connectivity index (χ0v) is 13.1. The number of aromatic hydroxyl groups is 1. The number of rotatable bonds is 7. The molecule has 0 aliphatic rings. The van der Waals surface area contributed by atoms with Gasteiger partial charge in [-0.1, -0.05) is 44.2 Å². The third-order valence-corrected chi connectivity index (χ3v) is 3.44. The number of hydrogen-bond acceptors (Lipinski definition) is 3. The predicted molar refractivity (Wildman–Crippen MR) is 87.5 cm³/mol. The smallest absolute Gasteiger partial charge is 0.196 e. The fourth-order valence-electron chi connectivity index (χ4n) is 2.22. The van der Waals surface area contributed by atoms with Crippen LogP contribution in [0.2, 0.25) is 0 Å². The van der Waals surface area contributed by atoms with E-state index in [9.17, 15) is 9.90 Å². The third kappa shape index (κ3) is 4.35. The van der Waals surface area contributed by atoms with Gasteiger partial charge in [0, 0.05) is 11.6 Å². The van der Waals surface area contributed by atoms with Gasteiger partial charge in [0.05, 0.1) is 12.2 Å². The molecule has 3 heteroatoms. The second-order valence-electron chi connectivity index (χ2n) is 5.76. The topological polar surface area (TPSA) is 46.5 Å². The Kier molecular flexibility index (Phi) is 5.59. The van der Waals surface area contributed by atoms with Gasteiger partial charge in [0.15, 0.2) is 5.78 Å². The van der Waals surface area contributed by atoms with Crippen molar-refractivity contribution in [1.29, 1.82) is 0 Å². The number of ether oxygens (including phenoxy) is 1. The van der Waals surface area contributed by atoms with Crippen LogP contribution in [-0.4, -0.2) is 17.5 Å². The second-order valence-corrected chi connectivity index (χ2v) is 5.76. The Hall–Kier alpha value is -2.29. The molecule has 2 rings (SSSR count). The second kappa shape index (κ2) is 7.64. The van der Waals surface area contributed by atoms with Crippen LogP contribution < -0.4 is 4.74 Å². The van der Waals surface area contributed by atoms with Gasteiger partial charge in [-0.15, -0.1) is 0 Å². The van der Waals surface area contributed by atoms with E-state index in [1.807, 2.05) is 6.07 Å². The molecule has 0 aromatic heterocycles. The number of hydrogen-bond donors (Lipinski definition) is 1. The van der Waals surface area contributed by atoms with E-state index in [0.717, 1.165) is 12.8 Å². The third-order valence-electron chi connectivity index (χ3n) is 3.44. The van der Waals surface area contributed by atoms with Crippen molar-refractivity contribution in [2.24, 2.45) is 5.92 Å². The maximum absolute atomic E-state index is 12.3. The summed E-state index contributed by atoms with van der Waals surface area (Å²) in [4.78, 5) is 12.3. The largest absolute Gasteiger partial charge is 0.507 e. The SMILES string of the molecule is CC(C)CCCOc1ccc(C(=O)c2ccccc2)c(O)c1. The van der Waals surface area contributed by atoms with Gasteiger partial charge in [0.25, 0.3) is 0 Å². The molecule has 0 heterocycles. The molecule has 22 heavy (non-hydrogen) atoms. The van der Waals surface area contributed by atoms with E-state index < -0.39 is 0 Å². The Morgan fingerprint density at radius 2 is 1.86 bits per heavy atom. The fourth-order valence-corrected chi connectivity index (χ4v) is 2.22. The molecule has 0 bridgehead atoms. The molecule has 116 valence electrons. The minimum Gasteiger partial charge on any atom is -0.507 e. The van der Waals surface area contributed by atoms with E-state index in [0.29, 0.717) is 29.4 Å². The van der Waals surface area contributed by atoms with E-state index in [4.69, 9.17) is 4.74 Å². The highest BCUT2D eigenvalue weighted by Crippen LogP contribution is 2.26. The number of benzene rings is 2. The minimum absolute atomic E-state index is 0.0461. The highest BCUT2D eigenvalue weighted by Gasteiger charge is 2.13. The van der Waals surface area contributed by atoms with Crippen LogP contribution in [0.4, 0.5) is 0 Å².